The van der Waals surface area contributed by atoms with Crippen molar-refractivity contribution in [2.75, 3.05) is 0 Å². The molecular weight excluding hydrogens is 491 g/mol. The molecule has 4 heteroatoms. The molecule has 0 radical (unpaired) electrons. The summed E-state index contributed by atoms with van der Waals surface area (Å²) in [5, 5.41) is 0. The van der Waals surface area contributed by atoms with Crippen molar-refractivity contribution < 1.29 is 0 Å². The third-order valence-corrected chi connectivity index (χ3v) is 6.69. The number of hydrogen-bond acceptors (Lipinski definition) is 1. The molecule has 1 aromatic heterocycles. The van der Waals surface area contributed by atoms with Crippen molar-refractivity contribution in [3.05, 3.63) is 135 Å². The third kappa shape index (κ3) is 8.40. The molecule has 0 saturated carbocycles. The molecule has 0 saturated heterocycles. The van der Waals surface area contributed by atoms with Crippen molar-refractivity contribution in [2.24, 2.45) is 0 Å². The number of nitrogens with zero attached hydrogens (tertiary/aromatic N) is 1. The Kier molecular flexibility index (Phi) is 10.6. The second-order valence-electron chi connectivity index (χ2n) is 9.08. The predicted octanol–water partition coefficient (Wildman–Crippen LogP) is 7.89. The van der Waals surface area contributed by atoms with Crippen LogP contribution in [-0.2, 0) is 6.42 Å². The molecule has 0 aliphatic carbocycles. The maximum absolute atomic E-state index is 4.27. The summed E-state index contributed by atoms with van der Waals surface area (Å²) in [6.07, 6.45) is 10.9. The van der Waals surface area contributed by atoms with E-state index in [0.29, 0.717) is 5.92 Å². The molecule has 0 spiro atoms. The maximum Gasteiger partial charge on any atom is 0.110 e. The second kappa shape index (κ2) is 13.9. The number of aryl methyl sites for hydroxylation is 3. The van der Waals surface area contributed by atoms with Gasteiger partial charge in [-0.25, -0.2) is 4.98 Å². The standard InChI is InChI=1S/C20H25B.C11H11BrN2/c1-16-10-5-7-12-18(16)20(14-4-3-9-15-21)19-13-8-6-11-17(19)2;1-8-7-13-11(14-8)6-9-2-4-10(12)5-3-9/h3-8,10-13,20H,9,14-15,21H2,1-2H3;2-5,7H,6H2,1H3,(H,13,14). The van der Waals surface area contributed by atoms with Crippen LogP contribution in [0.5, 0.6) is 0 Å². The van der Waals surface area contributed by atoms with Gasteiger partial charge in [-0.1, -0.05) is 95.1 Å². The molecule has 180 valence electrons. The largest absolute Gasteiger partial charge is 0.346 e. The van der Waals surface area contributed by atoms with Gasteiger partial charge in [0, 0.05) is 28.7 Å². The van der Waals surface area contributed by atoms with Gasteiger partial charge in [-0.15, -0.1) is 0 Å². The van der Waals surface area contributed by atoms with Gasteiger partial charge in [0.05, 0.1) is 0 Å². The molecule has 2 nitrogen and oxygen atoms in total. The van der Waals surface area contributed by atoms with Gasteiger partial charge in [0.25, 0.3) is 0 Å². The van der Waals surface area contributed by atoms with Crippen LogP contribution in [0.2, 0.25) is 6.32 Å². The quantitative estimate of drug-likeness (QED) is 0.183. The van der Waals surface area contributed by atoms with E-state index in [4.69, 9.17) is 0 Å². The van der Waals surface area contributed by atoms with Crippen molar-refractivity contribution in [1.82, 2.24) is 9.97 Å². The van der Waals surface area contributed by atoms with Gasteiger partial charge >= 0.3 is 0 Å². The van der Waals surface area contributed by atoms with Crippen LogP contribution in [0.15, 0.2) is 95.6 Å². The minimum atomic E-state index is 0.459. The first kappa shape index (κ1) is 26.8. The predicted molar refractivity (Wildman–Crippen MR) is 156 cm³/mol. The fourth-order valence-electron chi connectivity index (χ4n) is 4.25. The molecule has 0 bridgehead atoms. The van der Waals surface area contributed by atoms with Crippen LogP contribution in [0.25, 0.3) is 0 Å². The van der Waals surface area contributed by atoms with Gasteiger partial charge in [-0.05, 0) is 73.6 Å². The van der Waals surface area contributed by atoms with E-state index < -0.39 is 0 Å². The Balaban J connectivity index is 0.000000211. The molecule has 0 amide bonds. The average Bonchev–Trinajstić information content (AvgIpc) is 3.27. The number of hydrogen-bond donors (Lipinski definition) is 1. The summed E-state index contributed by atoms with van der Waals surface area (Å²) in [6.45, 7) is 6.45. The SMILES string of the molecule is BCCC=CCC(c1ccccc1C)c1ccccc1C.Cc1cnc(Cc2ccc(Br)cc2)[nH]1. The van der Waals surface area contributed by atoms with E-state index >= 15 is 0 Å². The van der Waals surface area contributed by atoms with Gasteiger partial charge in [0.2, 0.25) is 0 Å². The molecule has 4 aromatic rings. The van der Waals surface area contributed by atoms with Crippen LogP contribution >= 0.6 is 15.9 Å². The number of H-pyrrole nitrogens is 1. The highest BCUT2D eigenvalue weighted by molar-refractivity contribution is 9.10. The van der Waals surface area contributed by atoms with Crippen LogP contribution in [-0.4, -0.2) is 17.8 Å². The summed E-state index contributed by atoms with van der Waals surface area (Å²) in [6, 6.07) is 25.8. The van der Waals surface area contributed by atoms with Crippen molar-refractivity contribution >= 4 is 23.8 Å². The Morgan fingerprint density at radius 1 is 0.857 bits per heavy atom. The first-order valence-electron chi connectivity index (χ1n) is 12.5. The number of benzene rings is 3. The summed E-state index contributed by atoms with van der Waals surface area (Å²) in [5.74, 6) is 1.48. The molecule has 3 aromatic carbocycles. The summed E-state index contributed by atoms with van der Waals surface area (Å²) in [7, 11) is 2.23. The monoisotopic (exact) mass is 526 g/mol. The Bertz CT molecular complexity index is 1170. The third-order valence-electron chi connectivity index (χ3n) is 6.16. The smallest absolute Gasteiger partial charge is 0.110 e. The summed E-state index contributed by atoms with van der Waals surface area (Å²) in [5.41, 5.74) is 8.05. The van der Waals surface area contributed by atoms with E-state index in [1.807, 2.05) is 25.3 Å². The molecule has 35 heavy (non-hydrogen) atoms. The number of aromatic nitrogens is 2. The van der Waals surface area contributed by atoms with E-state index in [-0.39, 0.29) is 0 Å². The molecule has 0 aliphatic rings. The highest BCUT2D eigenvalue weighted by atomic mass is 79.9. The van der Waals surface area contributed by atoms with E-state index in [1.54, 1.807) is 0 Å². The van der Waals surface area contributed by atoms with E-state index in [1.165, 1.54) is 40.6 Å². The van der Waals surface area contributed by atoms with Gasteiger partial charge in [-0.3, -0.25) is 0 Å². The van der Waals surface area contributed by atoms with Crippen LogP contribution < -0.4 is 0 Å². The number of nitrogens with one attached hydrogen (secondary N) is 1. The highest BCUT2D eigenvalue weighted by Crippen LogP contribution is 2.32. The minimum Gasteiger partial charge on any atom is -0.346 e. The molecule has 0 fully saturated rings. The zero-order valence-electron chi connectivity index (χ0n) is 21.4. The van der Waals surface area contributed by atoms with Gasteiger partial charge in [0.1, 0.15) is 13.7 Å². The van der Waals surface area contributed by atoms with Crippen LogP contribution in [0, 0.1) is 20.8 Å². The first-order valence-corrected chi connectivity index (χ1v) is 13.3. The molecule has 1 heterocycles. The van der Waals surface area contributed by atoms with E-state index in [9.17, 15) is 0 Å². The Labute approximate surface area is 220 Å². The maximum atomic E-state index is 4.27. The van der Waals surface area contributed by atoms with Crippen molar-refractivity contribution in [1.29, 1.82) is 0 Å². The summed E-state index contributed by atoms with van der Waals surface area (Å²) < 4.78 is 1.11. The molecule has 0 atom stereocenters. The lowest BCUT2D eigenvalue weighted by Gasteiger charge is -2.20. The average molecular weight is 527 g/mol. The van der Waals surface area contributed by atoms with Crippen molar-refractivity contribution in [3.8, 4) is 0 Å². The number of halogens is 1. The first-order chi connectivity index (χ1) is 17.0. The molecular formula is C31H36BBrN2. The minimum absolute atomic E-state index is 0.459. The number of imidazole rings is 1. The molecule has 1 N–H and O–H groups in total. The van der Waals surface area contributed by atoms with Gasteiger partial charge in [-0.2, -0.15) is 0 Å². The van der Waals surface area contributed by atoms with E-state index in [0.717, 1.165) is 28.8 Å². The van der Waals surface area contributed by atoms with Gasteiger partial charge < -0.3 is 4.98 Å². The summed E-state index contributed by atoms with van der Waals surface area (Å²) in [4.78, 5) is 7.48. The lowest BCUT2D eigenvalue weighted by atomic mass is 9.84. The van der Waals surface area contributed by atoms with Crippen LogP contribution in [0.3, 0.4) is 0 Å². The highest BCUT2D eigenvalue weighted by Gasteiger charge is 2.16. The van der Waals surface area contributed by atoms with Gasteiger partial charge in [0.15, 0.2) is 0 Å². The second-order valence-corrected chi connectivity index (χ2v) is 9.99. The topological polar surface area (TPSA) is 28.7 Å². The van der Waals surface area contributed by atoms with E-state index in [2.05, 4.69) is 120 Å². The molecule has 4 rings (SSSR count). The Hall–Kier alpha value is -2.85. The Morgan fingerprint density at radius 2 is 1.46 bits per heavy atom. The summed E-state index contributed by atoms with van der Waals surface area (Å²) >= 11 is 3.41. The lowest BCUT2D eigenvalue weighted by molar-refractivity contribution is 0.811. The number of aromatic amines is 1. The molecule has 0 aliphatic heterocycles. The fourth-order valence-corrected chi connectivity index (χ4v) is 4.51. The van der Waals surface area contributed by atoms with Crippen molar-refractivity contribution in [2.45, 2.75) is 52.3 Å². The van der Waals surface area contributed by atoms with Crippen LogP contribution in [0.4, 0.5) is 0 Å². The fraction of sp³-hybridized carbons (Fsp3) is 0.258. The lowest BCUT2D eigenvalue weighted by Crippen LogP contribution is -2.04. The zero-order valence-corrected chi connectivity index (χ0v) is 23.0. The van der Waals surface area contributed by atoms with Crippen molar-refractivity contribution in [3.63, 3.8) is 0 Å². The Morgan fingerprint density at radius 3 is 1.97 bits per heavy atom. The number of rotatable bonds is 8. The normalized spacial score (nSPS) is 11.0. The van der Waals surface area contributed by atoms with Crippen LogP contribution in [0.1, 0.15) is 58.1 Å². The zero-order chi connectivity index (χ0) is 25.0. The molecule has 0 unspecified atom stereocenters. The number of allylic oxidation sites excluding steroid dienone is 2.